The Hall–Kier alpha value is -3.35. The minimum absolute atomic E-state index is 0.0277. The summed E-state index contributed by atoms with van der Waals surface area (Å²) >= 11 is 0. The van der Waals surface area contributed by atoms with Crippen LogP contribution in [-0.2, 0) is 4.79 Å². The Kier molecular flexibility index (Phi) is 4.50. The van der Waals surface area contributed by atoms with Crippen molar-refractivity contribution in [2.75, 3.05) is 17.7 Å². The highest BCUT2D eigenvalue weighted by molar-refractivity contribution is 5.93. The number of pyridine rings is 2. The molecular formula is C20H20N6O. The summed E-state index contributed by atoms with van der Waals surface area (Å²) in [6.07, 6.45) is 7.08. The van der Waals surface area contributed by atoms with Gasteiger partial charge in [-0.15, -0.1) is 0 Å². The summed E-state index contributed by atoms with van der Waals surface area (Å²) in [5.41, 5.74) is 4.35. The number of amides is 1. The van der Waals surface area contributed by atoms with E-state index >= 15 is 0 Å². The highest BCUT2D eigenvalue weighted by Crippen LogP contribution is 2.30. The number of aromatic nitrogens is 4. The van der Waals surface area contributed by atoms with Crippen LogP contribution < -0.4 is 10.6 Å². The summed E-state index contributed by atoms with van der Waals surface area (Å²) < 4.78 is 0. The van der Waals surface area contributed by atoms with E-state index in [1.807, 2.05) is 32.2 Å². The van der Waals surface area contributed by atoms with Crippen molar-refractivity contribution < 1.29 is 4.79 Å². The van der Waals surface area contributed by atoms with Gasteiger partial charge in [0.2, 0.25) is 5.91 Å². The van der Waals surface area contributed by atoms with Crippen LogP contribution in [0.1, 0.15) is 18.5 Å². The second-order valence-corrected chi connectivity index (χ2v) is 6.57. The largest absolute Gasteiger partial charge is 0.387 e. The lowest BCUT2D eigenvalue weighted by Crippen LogP contribution is -2.14. The van der Waals surface area contributed by atoms with Crippen molar-refractivity contribution in [3.8, 4) is 22.6 Å². The van der Waals surface area contributed by atoms with Gasteiger partial charge in [-0.05, 0) is 44.0 Å². The highest BCUT2D eigenvalue weighted by Gasteiger charge is 2.29. The van der Waals surface area contributed by atoms with E-state index in [-0.39, 0.29) is 11.8 Å². The first-order valence-electron chi connectivity index (χ1n) is 8.89. The van der Waals surface area contributed by atoms with Crippen LogP contribution >= 0.6 is 0 Å². The highest BCUT2D eigenvalue weighted by atomic mass is 16.2. The van der Waals surface area contributed by atoms with Crippen LogP contribution in [0.25, 0.3) is 22.6 Å². The molecule has 7 nitrogen and oxygen atoms in total. The molecule has 27 heavy (non-hydrogen) atoms. The van der Waals surface area contributed by atoms with Crippen molar-refractivity contribution >= 4 is 17.4 Å². The molecule has 1 amide bonds. The zero-order valence-electron chi connectivity index (χ0n) is 15.2. The molecule has 4 rings (SSSR count). The van der Waals surface area contributed by atoms with Crippen molar-refractivity contribution in [1.29, 1.82) is 0 Å². The van der Waals surface area contributed by atoms with Crippen LogP contribution in [0.3, 0.4) is 0 Å². The predicted octanol–water partition coefficient (Wildman–Crippen LogP) is 3.30. The Morgan fingerprint density at radius 3 is 2.70 bits per heavy atom. The minimum atomic E-state index is 0.0277. The number of nitrogens with zero attached hydrogens (tertiary/aromatic N) is 4. The maximum absolute atomic E-state index is 12.0. The van der Waals surface area contributed by atoms with Crippen LogP contribution in [0.4, 0.5) is 11.5 Å². The number of rotatable bonds is 5. The second-order valence-electron chi connectivity index (χ2n) is 6.57. The number of carbonyl (C=O) groups is 1. The summed E-state index contributed by atoms with van der Waals surface area (Å²) in [6.45, 7) is 1.95. The fraction of sp³-hybridized carbons (Fsp3) is 0.250. The predicted molar refractivity (Wildman–Crippen MR) is 104 cm³/mol. The third-order valence-electron chi connectivity index (χ3n) is 4.52. The Bertz CT molecular complexity index is 999. The molecule has 0 aliphatic heterocycles. The molecule has 0 aromatic carbocycles. The molecule has 1 aliphatic carbocycles. The van der Waals surface area contributed by atoms with Gasteiger partial charge in [0.1, 0.15) is 5.82 Å². The minimum Gasteiger partial charge on any atom is -0.387 e. The third kappa shape index (κ3) is 3.76. The topological polar surface area (TPSA) is 92.7 Å². The first-order chi connectivity index (χ1) is 13.1. The summed E-state index contributed by atoms with van der Waals surface area (Å²) in [4.78, 5) is 29.7. The summed E-state index contributed by atoms with van der Waals surface area (Å²) in [5, 5.41) is 5.96. The van der Waals surface area contributed by atoms with E-state index in [0.717, 1.165) is 41.0 Å². The molecule has 2 N–H and O–H groups in total. The summed E-state index contributed by atoms with van der Waals surface area (Å²) in [6, 6.07) is 7.52. The van der Waals surface area contributed by atoms with E-state index in [2.05, 4.69) is 25.6 Å². The van der Waals surface area contributed by atoms with Gasteiger partial charge in [0.15, 0.2) is 5.82 Å². The molecule has 0 radical (unpaired) electrons. The van der Waals surface area contributed by atoms with Gasteiger partial charge in [-0.3, -0.25) is 9.78 Å². The molecule has 0 spiro atoms. The van der Waals surface area contributed by atoms with Crippen molar-refractivity contribution in [3.05, 3.63) is 48.5 Å². The van der Waals surface area contributed by atoms with Crippen LogP contribution in [-0.4, -0.2) is 32.9 Å². The van der Waals surface area contributed by atoms with Gasteiger partial charge in [0.25, 0.3) is 0 Å². The lowest BCUT2D eigenvalue weighted by molar-refractivity contribution is -0.117. The first-order valence-corrected chi connectivity index (χ1v) is 8.89. The molecule has 1 fully saturated rings. The SMILES string of the molecule is CNc1cnc(C)c(-c2ccnc(-c3ccnc(NC(=O)C4CC4)c3)n2)c1. The van der Waals surface area contributed by atoms with Gasteiger partial charge in [-0.2, -0.15) is 0 Å². The Morgan fingerprint density at radius 1 is 1.11 bits per heavy atom. The number of aryl methyl sites for hydroxylation is 1. The summed E-state index contributed by atoms with van der Waals surface area (Å²) in [5.74, 6) is 1.25. The number of nitrogens with one attached hydrogen (secondary N) is 2. The van der Waals surface area contributed by atoms with Crippen LogP contribution in [0.15, 0.2) is 42.9 Å². The molecule has 0 unspecified atom stereocenters. The number of anilines is 2. The number of carbonyl (C=O) groups excluding carboxylic acids is 1. The fourth-order valence-corrected chi connectivity index (χ4v) is 2.79. The standard InChI is InChI=1S/C20H20N6O/c1-12-16(10-15(21-2)11-24-12)17-6-8-23-19(25-17)14-5-7-22-18(9-14)26-20(27)13-3-4-13/h5-11,13,21H,3-4H2,1-2H3,(H,22,26,27). The van der Waals surface area contributed by atoms with Crippen LogP contribution in [0, 0.1) is 12.8 Å². The molecule has 3 heterocycles. The molecule has 0 saturated heterocycles. The molecule has 136 valence electrons. The van der Waals surface area contributed by atoms with Gasteiger partial charge in [-0.1, -0.05) is 0 Å². The van der Waals surface area contributed by atoms with Gasteiger partial charge < -0.3 is 10.6 Å². The summed E-state index contributed by atoms with van der Waals surface area (Å²) in [7, 11) is 1.86. The van der Waals surface area contributed by atoms with Crippen molar-refractivity contribution in [1.82, 2.24) is 19.9 Å². The Labute approximate surface area is 157 Å². The molecule has 1 aliphatic rings. The normalized spacial score (nSPS) is 13.3. The smallest absolute Gasteiger partial charge is 0.228 e. The molecule has 3 aromatic heterocycles. The monoisotopic (exact) mass is 360 g/mol. The van der Waals surface area contributed by atoms with E-state index in [0.29, 0.717) is 11.6 Å². The second kappa shape index (κ2) is 7.11. The molecule has 0 atom stereocenters. The van der Waals surface area contributed by atoms with E-state index in [1.54, 1.807) is 24.7 Å². The van der Waals surface area contributed by atoms with Gasteiger partial charge >= 0.3 is 0 Å². The van der Waals surface area contributed by atoms with Crippen molar-refractivity contribution in [3.63, 3.8) is 0 Å². The number of hydrogen-bond acceptors (Lipinski definition) is 6. The maximum atomic E-state index is 12.0. The third-order valence-corrected chi connectivity index (χ3v) is 4.52. The lowest BCUT2D eigenvalue weighted by atomic mass is 10.1. The van der Waals surface area contributed by atoms with Gasteiger partial charge in [0.05, 0.1) is 17.6 Å². The average molecular weight is 360 g/mol. The zero-order valence-corrected chi connectivity index (χ0v) is 15.2. The Morgan fingerprint density at radius 2 is 1.93 bits per heavy atom. The molecule has 3 aromatic rings. The van der Waals surface area contributed by atoms with E-state index in [4.69, 9.17) is 4.98 Å². The van der Waals surface area contributed by atoms with E-state index in [1.165, 1.54) is 0 Å². The zero-order chi connectivity index (χ0) is 18.8. The van der Waals surface area contributed by atoms with E-state index < -0.39 is 0 Å². The number of hydrogen-bond donors (Lipinski definition) is 2. The van der Waals surface area contributed by atoms with Crippen LogP contribution in [0.5, 0.6) is 0 Å². The lowest BCUT2D eigenvalue weighted by Gasteiger charge is -2.09. The molecule has 1 saturated carbocycles. The quantitative estimate of drug-likeness (QED) is 0.725. The molecule has 7 heteroatoms. The van der Waals surface area contributed by atoms with Gasteiger partial charge in [0, 0.05) is 42.2 Å². The fourth-order valence-electron chi connectivity index (χ4n) is 2.79. The first kappa shape index (κ1) is 17.1. The van der Waals surface area contributed by atoms with Crippen LogP contribution in [0.2, 0.25) is 0 Å². The van der Waals surface area contributed by atoms with E-state index in [9.17, 15) is 4.79 Å². The Balaban J connectivity index is 1.65. The molecule has 0 bridgehead atoms. The molecular weight excluding hydrogens is 340 g/mol. The maximum Gasteiger partial charge on any atom is 0.228 e. The van der Waals surface area contributed by atoms with Crippen molar-refractivity contribution in [2.45, 2.75) is 19.8 Å². The average Bonchev–Trinajstić information content (AvgIpc) is 3.54. The van der Waals surface area contributed by atoms with Gasteiger partial charge in [-0.25, -0.2) is 15.0 Å². The van der Waals surface area contributed by atoms with Crippen molar-refractivity contribution in [2.24, 2.45) is 5.92 Å².